The van der Waals surface area contributed by atoms with Gasteiger partial charge in [-0.25, -0.2) is 5.43 Å². The summed E-state index contributed by atoms with van der Waals surface area (Å²) in [4.78, 5) is 22.3. The van der Waals surface area contributed by atoms with Crippen LogP contribution in [0.2, 0.25) is 0 Å². The summed E-state index contributed by atoms with van der Waals surface area (Å²) in [5.74, 6) is 0.373. The Hall–Kier alpha value is -3.74. The molecule has 0 radical (unpaired) electrons. The van der Waals surface area contributed by atoms with Crippen molar-refractivity contribution in [3.8, 4) is 5.75 Å². The Kier molecular flexibility index (Phi) is 5.96. The summed E-state index contributed by atoms with van der Waals surface area (Å²) in [5, 5.41) is 16.8. The van der Waals surface area contributed by atoms with Gasteiger partial charge in [-0.3, -0.25) is 14.9 Å². The van der Waals surface area contributed by atoms with Crippen molar-refractivity contribution < 1.29 is 14.5 Å². The van der Waals surface area contributed by atoms with Crippen LogP contribution in [0.25, 0.3) is 10.8 Å². The van der Waals surface area contributed by atoms with Gasteiger partial charge in [0.1, 0.15) is 5.75 Å². The fourth-order valence-electron chi connectivity index (χ4n) is 2.82. The smallest absolute Gasteiger partial charge is 0.269 e. The van der Waals surface area contributed by atoms with Crippen molar-refractivity contribution >= 4 is 28.6 Å². The number of rotatable bonds is 7. The highest BCUT2D eigenvalue weighted by molar-refractivity contribution is 6.02. The highest BCUT2D eigenvalue weighted by atomic mass is 16.6. The van der Waals surface area contributed by atoms with Crippen LogP contribution in [0.3, 0.4) is 0 Å². The second-order valence-corrected chi connectivity index (χ2v) is 6.03. The third-order valence-electron chi connectivity index (χ3n) is 4.13. The van der Waals surface area contributed by atoms with Crippen LogP contribution in [0.15, 0.2) is 65.8 Å². The van der Waals surface area contributed by atoms with Gasteiger partial charge in [0.05, 0.1) is 24.2 Å². The monoisotopic (exact) mass is 377 g/mol. The van der Waals surface area contributed by atoms with E-state index in [2.05, 4.69) is 10.5 Å². The van der Waals surface area contributed by atoms with Crippen molar-refractivity contribution in [2.45, 2.75) is 13.3 Å². The van der Waals surface area contributed by atoms with E-state index in [1.807, 2.05) is 43.3 Å². The molecule has 3 aromatic rings. The Morgan fingerprint density at radius 2 is 1.89 bits per heavy atom. The standard InChI is InChI=1S/C21H19N3O4/c1-2-28-20-12-9-16-5-3-4-6-18(16)19(20)14-22-23-21(25)13-15-7-10-17(11-8-15)24(26)27/h3-12,14H,2,13H2,1H3,(H,23,25). The minimum absolute atomic E-state index is 0.0124. The lowest BCUT2D eigenvalue weighted by Crippen LogP contribution is -2.19. The van der Waals surface area contributed by atoms with Crippen molar-refractivity contribution in [3.63, 3.8) is 0 Å². The molecule has 0 heterocycles. The lowest BCUT2D eigenvalue weighted by atomic mass is 10.0. The Morgan fingerprint density at radius 1 is 1.14 bits per heavy atom. The summed E-state index contributed by atoms with van der Waals surface area (Å²) in [6, 6.07) is 17.6. The van der Waals surface area contributed by atoms with Gasteiger partial charge in [-0.2, -0.15) is 5.10 Å². The molecule has 1 N–H and O–H groups in total. The van der Waals surface area contributed by atoms with Crippen molar-refractivity contribution in [1.29, 1.82) is 0 Å². The van der Waals surface area contributed by atoms with Crippen LogP contribution in [0.5, 0.6) is 5.75 Å². The Morgan fingerprint density at radius 3 is 2.61 bits per heavy atom. The number of hydrazone groups is 1. The van der Waals surface area contributed by atoms with Crippen LogP contribution in [0.1, 0.15) is 18.1 Å². The number of non-ortho nitro benzene ring substituents is 1. The molecule has 7 heteroatoms. The van der Waals surface area contributed by atoms with Crippen molar-refractivity contribution in [2.24, 2.45) is 5.10 Å². The highest BCUT2D eigenvalue weighted by Gasteiger charge is 2.08. The summed E-state index contributed by atoms with van der Waals surface area (Å²) >= 11 is 0. The molecular formula is C21H19N3O4. The molecule has 0 bridgehead atoms. The van der Waals surface area contributed by atoms with Crippen molar-refractivity contribution in [2.75, 3.05) is 6.61 Å². The maximum Gasteiger partial charge on any atom is 0.269 e. The maximum absolute atomic E-state index is 12.1. The van der Waals surface area contributed by atoms with Crippen molar-refractivity contribution in [3.05, 3.63) is 81.9 Å². The van der Waals surface area contributed by atoms with E-state index in [1.54, 1.807) is 18.3 Å². The van der Waals surface area contributed by atoms with Crippen LogP contribution in [-0.2, 0) is 11.2 Å². The van der Waals surface area contributed by atoms with Gasteiger partial charge >= 0.3 is 0 Å². The largest absolute Gasteiger partial charge is 0.493 e. The molecule has 3 aromatic carbocycles. The molecule has 0 spiro atoms. The molecule has 3 rings (SSSR count). The number of carbonyl (C=O) groups excluding carboxylic acids is 1. The van der Waals surface area contributed by atoms with E-state index >= 15 is 0 Å². The normalized spacial score (nSPS) is 10.9. The van der Waals surface area contributed by atoms with Gasteiger partial charge in [0.25, 0.3) is 5.69 Å². The number of amides is 1. The lowest BCUT2D eigenvalue weighted by Gasteiger charge is -2.10. The van der Waals surface area contributed by atoms with E-state index in [-0.39, 0.29) is 18.0 Å². The molecule has 0 aliphatic rings. The van der Waals surface area contributed by atoms with E-state index in [4.69, 9.17) is 4.74 Å². The quantitative estimate of drug-likeness (QED) is 0.384. The average molecular weight is 377 g/mol. The van der Waals surface area contributed by atoms with E-state index in [9.17, 15) is 14.9 Å². The van der Waals surface area contributed by atoms with Crippen LogP contribution in [0, 0.1) is 10.1 Å². The molecule has 0 saturated heterocycles. The van der Waals surface area contributed by atoms with E-state index in [0.29, 0.717) is 17.9 Å². The fourth-order valence-corrected chi connectivity index (χ4v) is 2.82. The maximum atomic E-state index is 12.1. The van der Waals surface area contributed by atoms with Gasteiger partial charge in [-0.15, -0.1) is 0 Å². The van der Waals surface area contributed by atoms with Crippen LogP contribution in [0.4, 0.5) is 5.69 Å². The highest BCUT2D eigenvalue weighted by Crippen LogP contribution is 2.26. The average Bonchev–Trinajstić information content (AvgIpc) is 2.70. The summed E-state index contributed by atoms with van der Waals surface area (Å²) in [5.41, 5.74) is 3.93. The van der Waals surface area contributed by atoms with E-state index < -0.39 is 4.92 Å². The molecule has 1 amide bonds. The van der Waals surface area contributed by atoms with Gasteiger partial charge in [0.2, 0.25) is 5.91 Å². The number of fused-ring (bicyclic) bond motifs is 1. The predicted octanol–water partition coefficient (Wildman–Crippen LogP) is 3.84. The first kappa shape index (κ1) is 19.0. The Bertz CT molecular complexity index is 1030. The second-order valence-electron chi connectivity index (χ2n) is 6.03. The third kappa shape index (κ3) is 4.50. The van der Waals surface area contributed by atoms with Crippen LogP contribution in [-0.4, -0.2) is 23.7 Å². The number of nitro groups is 1. The summed E-state index contributed by atoms with van der Waals surface area (Å²) in [6.45, 7) is 2.42. The molecule has 0 aromatic heterocycles. The van der Waals surface area contributed by atoms with Gasteiger partial charge < -0.3 is 4.74 Å². The zero-order valence-electron chi connectivity index (χ0n) is 15.3. The van der Waals surface area contributed by atoms with Gasteiger partial charge in [-0.05, 0) is 29.3 Å². The van der Waals surface area contributed by atoms with Gasteiger partial charge in [-0.1, -0.05) is 42.5 Å². The first-order chi connectivity index (χ1) is 13.6. The van der Waals surface area contributed by atoms with Gasteiger partial charge in [0, 0.05) is 17.7 Å². The van der Waals surface area contributed by atoms with E-state index in [1.165, 1.54) is 12.1 Å². The zero-order chi connectivity index (χ0) is 19.9. The van der Waals surface area contributed by atoms with Crippen LogP contribution < -0.4 is 10.2 Å². The molecule has 0 fully saturated rings. The number of hydrogen-bond donors (Lipinski definition) is 1. The number of hydrogen-bond acceptors (Lipinski definition) is 5. The summed E-state index contributed by atoms with van der Waals surface area (Å²) < 4.78 is 5.67. The third-order valence-corrected chi connectivity index (χ3v) is 4.13. The minimum Gasteiger partial charge on any atom is -0.493 e. The number of nitrogens with zero attached hydrogens (tertiary/aromatic N) is 2. The zero-order valence-corrected chi connectivity index (χ0v) is 15.3. The fraction of sp³-hybridized carbons (Fsp3) is 0.143. The van der Waals surface area contributed by atoms with Crippen molar-refractivity contribution in [1.82, 2.24) is 5.43 Å². The van der Waals surface area contributed by atoms with Gasteiger partial charge in [0.15, 0.2) is 0 Å². The first-order valence-electron chi connectivity index (χ1n) is 8.78. The number of ether oxygens (including phenoxy) is 1. The first-order valence-corrected chi connectivity index (χ1v) is 8.78. The number of nitro benzene ring substituents is 1. The number of nitrogens with one attached hydrogen (secondary N) is 1. The topological polar surface area (TPSA) is 93.8 Å². The molecule has 0 saturated carbocycles. The molecule has 28 heavy (non-hydrogen) atoms. The molecular weight excluding hydrogens is 358 g/mol. The molecule has 7 nitrogen and oxygen atoms in total. The lowest BCUT2D eigenvalue weighted by molar-refractivity contribution is -0.384. The molecule has 142 valence electrons. The number of carbonyl (C=O) groups is 1. The molecule has 0 unspecified atom stereocenters. The predicted molar refractivity (Wildman–Crippen MR) is 108 cm³/mol. The molecule has 0 aliphatic heterocycles. The Labute approximate surface area is 161 Å². The molecule has 0 aliphatic carbocycles. The molecule has 0 atom stereocenters. The summed E-state index contributed by atoms with van der Waals surface area (Å²) in [7, 11) is 0. The number of benzene rings is 3. The van der Waals surface area contributed by atoms with E-state index in [0.717, 1.165) is 16.3 Å². The Balaban J connectivity index is 1.72. The second kappa shape index (κ2) is 8.77. The summed E-state index contributed by atoms with van der Waals surface area (Å²) in [6.07, 6.45) is 1.64. The minimum atomic E-state index is -0.478. The van der Waals surface area contributed by atoms with Crippen LogP contribution >= 0.6 is 0 Å². The SMILES string of the molecule is CCOc1ccc2ccccc2c1C=NNC(=O)Cc1ccc([N+](=O)[O-])cc1.